The minimum absolute atomic E-state index is 0.229. The van der Waals surface area contributed by atoms with Crippen molar-refractivity contribution < 1.29 is 14.3 Å². The Bertz CT molecular complexity index is 468. The SMILES string of the molecule is COC(=O)C(CSCc1cc(C)cc(C)c1)NC(C)=O. The van der Waals surface area contributed by atoms with E-state index >= 15 is 0 Å². The number of hydrogen-bond acceptors (Lipinski definition) is 4. The zero-order valence-electron chi connectivity index (χ0n) is 12.4. The molecule has 1 amide bonds. The molecule has 110 valence electrons. The van der Waals surface area contributed by atoms with Gasteiger partial charge in [0.05, 0.1) is 7.11 Å². The van der Waals surface area contributed by atoms with E-state index in [0.717, 1.165) is 5.75 Å². The fourth-order valence-electron chi connectivity index (χ4n) is 2.00. The number of rotatable bonds is 6. The Morgan fingerprint density at radius 2 is 1.85 bits per heavy atom. The van der Waals surface area contributed by atoms with Crippen molar-refractivity contribution in [3.63, 3.8) is 0 Å². The second-order valence-electron chi connectivity index (χ2n) is 4.79. The van der Waals surface area contributed by atoms with Gasteiger partial charge in [-0.1, -0.05) is 29.3 Å². The van der Waals surface area contributed by atoms with Crippen LogP contribution in [0.25, 0.3) is 0 Å². The monoisotopic (exact) mass is 295 g/mol. The molecule has 0 saturated carbocycles. The van der Waals surface area contributed by atoms with Crippen LogP contribution in [0.3, 0.4) is 0 Å². The molecule has 0 aliphatic carbocycles. The van der Waals surface area contributed by atoms with Crippen molar-refractivity contribution in [3.05, 3.63) is 34.9 Å². The van der Waals surface area contributed by atoms with Crippen molar-refractivity contribution in [2.45, 2.75) is 32.6 Å². The highest BCUT2D eigenvalue weighted by atomic mass is 32.2. The van der Waals surface area contributed by atoms with Gasteiger partial charge in [0.25, 0.3) is 0 Å². The third kappa shape index (κ3) is 5.65. The van der Waals surface area contributed by atoms with Crippen molar-refractivity contribution >= 4 is 23.6 Å². The Morgan fingerprint density at radius 3 is 2.35 bits per heavy atom. The number of thioether (sulfide) groups is 1. The van der Waals surface area contributed by atoms with Gasteiger partial charge in [0.15, 0.2) is 0 Å². The maximum absolute atomic E-state index is 11.5. The molecule has 1 aromatic rings. The van der Waals surface area contributed by atoms with Crippen LogP contribution in [0.4, 0.5) is 0 Å². The van der Waals surface area contributed by atoms with Crippen LogP contribution < -0.4 is 5.32 Å². The molecule has 0 fully saturated rings. The van der Waals surface area contributed by atoms with E-state index in [4.69, 9.17) is 0 Å². The Kier molecular flexibility index (Phi) is 6.58. The summed E-state index contributed by atoms with van der Waals surface area (Å²) in [6.45, 7) is 5.52. The maximum atomic E-state index is 11.5. The second kappa shape index (κ2) is 7.94. The Hall–Kier alpha value is -1.49. The second-order valence-corrected chi connectivity index (χ2v) is 5.82. The normalized spacial score (nSPS) is 11.8. The first-order chi connectivity index (χ1) is 9.42. The topological polar surface area (TPSA) is 55.4 Å². The van der Waals surface area contributed by atoms with E-state index in [-0.39, 0.29) is 5.91 Å². The average Bonchev–Trinajstić information content (AvgIpc) is 2.35. The summed E-state index contributed by atoms with van der Waals surface area (Å²) in [6.07, 6.45) is 0. The third-order valence-electron chi connectivity index (χ3n) is 2.70. The molecule has 0 spiro atoms. The number of methoxy groups -OCH3 is 1. The van der Waals surface area contributed by atoms with Crippen LogP contribution >= 0.6 is 11.8 Å². The molecule has 0 aromatic heterocycles. The van der Waals surface area contributed by atoms with Crippen LogP contribution in [0.2, 0.25) is 0 Å². The Balaban J connectivity index is 2.55. The molecular formula is C15H21NO3S. The number of benzene rings is 1. The first-order valence-corrected chi connectivity index (χ1v) is 7.57. The molecule has 0 aliphatic heterocycles. The summed E-state index contributed by atoms with van der Waals surface area (Å²) >= 11 is 1.60. The lowest BCUT2D eigenvalue weighted by Gasteiger charge is -2.15. The van der Waals surface area contributed by atoms with Gasteiger partial charge >= 0.3 is 5.97 Å². The number of carbonyl (C=O) groups is 2. The minimum atomic E-state index is -0.589. The van der Waals surface area contributed by atoms with E-state index in [1.165, 1.54) is 30.7 Å². The smallest absolute Gasteiger partial charge is 0.329 e. The van der Waals surface area contributed by atoms with Crippen LogP contribution in [-0.4, -0.2) is 30.8 Å². The van der Waals surface area contributed by atoms with Crippen molar-refractivity contribution in [2.24, 2.45) is 0 Å². The lowest BCUT2D eigenvalue weighted by Crippen LogP contribution is -2.42. The molecule has 20 heavy (non-hydrogen) atoms. The molecule has 0 aliphatic rings. The molecule has 1 unspecified atom stereocenters. The predicted octanol–water partition coefficient (Wildman–Crippen LogP) is 2.21. The summed E-state index contributed by atoms with van der Waals surface area (Å²) in [5.41, 5.74) is 3.68. The molecule has 1 atom stereocenters. The van der Waals surface area contributed by atoms with Gasteiger partial charge in [-0.05, 0) is 19.4 Å². The molecule has 1 N–H and O–H groups in total. The van der Waals surface area contributed by atoms with Gasteiger partial charge in [-0.15, -0.1) is 0 Å². The number of carbonyl (C=O) groups excluding carboxylic acids is 2. The maximum Gasteiger partial charge on any atom is 0.329 e. The van der Waals surface area contributed by atoms with Gasteiger partial charge in [0, 0.05) is 18.4 Å². The van der Waals surface area contributed by atoms with Gasteiger partial charge in [0.2, 0.25) is 5.91 Å². The van der Waals surface area contributed by atoms with Crippen LogP contribution in [0, 0.1) is 13.8 Å². The standard InChI is InChI=1S/C15H21NO3S/c1-10-5-11(2)7-13(6-10)8-20-9-14(15(18)19-4)16-12(3)17/h5-7,14H,8-9H2,1-4H3,(H,16,17). The number of hydrogen-bond donors (Lipinski definition) is 1. The molecule has 0 bridgehead atoms. The quantitative estimate of drug-likeness (QED) is 0.818. The first kappa shape index (κ1) is 16.6. The molecular weight excluding hydrogens is 274 g/mol. The summed E-state index contributed by atoms with van der Waals surface area (Å²) in [4.78, 5) is 22.6. The third-order valence-corrected chi connectivity index (χ3v) is 3.80. The largest absolute Gasteiger partial charge is 0.467 e. The van der Waals surface area contributed by atoms with Crippen molar-refractivity contribution in [2.75, 3.05) is 12.9 Å². The van der Waals surface area contributed by atoms with Gasteiger partial charge < -0.3 is 10.1 Å². The first-order valence-electron chi connectivity index (χ1n) is 6.42. The Labute approximate surface area is 124 Å². The van der Waals surface area contributed by atoms with E-state index in [9.17, 15) is 9.59 Å². The molecule has 1 rings (SSSR count). The predicted molar refractivity (Wildman–Crippen MR) is 81.7 cm³/mol. The van der Waals surface area contributed by atoms with Crippen molar-refractivity contribution in [1.82, 2.24) is 5.32 Å². The van der Waals surface area contributed by atoms with Gasteiger partial charge in [-0.3, -0.25) is 4.79 Å². The molecule has 0 heterocycles. The van der Waals surface area contributed by atoms with E-state index in [1.54, 1.807) is 11.8 Å². The van der Waals surface area contributed by atoms with Crippen LogP contribution in [0.1, 0.15) is 23.6 Å². The zero-order chi connectivity index (χ0) is 15.1. The molecule has 0 saturated heterocycles. The van der Waals surface area contributed by atoms with Crippen molar-refractivity contribution in [3.8, 4) is 0 Å². The van der Waals surface area contributed by atoms with Gasteiger partial charge in [0.1, 0.15) is 6.04 Å². The van der Waals surface area contributed by atoms with Gasteiger partial charge in [-0.2, -0.15) is 11.8 Å². The number of amides is 1. The van der Waals surface area contributed by atoms with E-state index in [1.807, 2.05) is 0 Å². The Morgan fingerprint density at radius 1 is 1.25 bits per heavy atom. The van der Waals surface area contributed by atoms with Gasteiger partial charge in [-0.25, -0.2) is 4.79 Å². The molecule has 4 nitrogen and oxygen atoms in total. The van der Waals surface area contributed by atoms with Crippen molar-refractivity contribution in [1.29, 1.82) is 0 Å². The van der Waals surface area contributed by atoms with E-state index in [0.29, 0.717) is 5.75 Å². The molecule has 0 radical (unpaired) electrons. The highest BCUT2D eigenvalue weighted by Gasteiger charge is 2.19. The summed E-state index contributed by atoms with van der Waals surface area (Å²) in [5.74, 6) is 0.662. The number of nitrogens with one attached hydrogen (secondary N) is 1. The lowest BCUT2D eigenvalue weighted by molar-refractivity contribution is -0.144. The van der Waals surface area contributed by atoms with Crippen LogP contribution in [0.5, 0.6) is 0 Å². The van der Waals surface area contributed by atoms with E-state index < -0.39 is 12.0 Å². The summed E-state index contributed by atoms with van der Waals surface area (Å²) in [5, 5.41) is 2.61. The minimum Gasteiger partial charge on any atom is -0.467 e. The summed E-state index contributed by atoms with van der Waals surface area (Å²) in [7, 11) is 1.33. The zero-order valence-corrected chi connectivity index (χ0v) is 13.2. The summed E-state index contributed by atoms with van der Waals surface area (Å²) in [6, 6.07) is 5.80. The number of ether oxygens (including phenoxy) is 1. The van der Waals surface area contributed by atoms with Crippen LogP contribution in [-0.2, 0) is 20.1 Å². The average molecular weight is 295 g/mol. The highest BCUT2D eigenvalue weighted by molar-refractivity contribution is 7.98. The number of aryl methyl sites for hydroxylation is 2. The number of esters is 1. The van der Waals surface area contributed by atoms with Crippen LogP contribution in [0.15, 0.2) is 18.2 Å². The molecule has 1 aromatic carbocycles. The molecule has 5 heteroatoms. The van der Waals surface area contributed by atoms with E-state index in [2.05, 4.69) is 42.1 Å². The fourth-order valence-corrected chi connectivity index (χ4v) is 2.98. The lowest BCUT2D eigenvalue weighted by atomic mass is 10.1. The fraction of sp³-hybridized carbons (Fsp3) is 0.467. The summed E-state index contributed by atoms with van der Waals surface area (Å²) < 4.78 is 4.69. The highest BCUT2D eigenvalue weighted by Crippen LogP contribution is 2.16.